The lowest BCUT2D eigenvalue weighted by molar-refractivity contribution is -0.120. The van der Waals surface area contributed by atoms with E-state index >= 15 is 0 Å². The van der Waals surface area contributed by atoms with E-state index in [1.807, 2.05) is 0 Å². The van der Waals surface area contributed by atoms with E-state index in [1.165, 1.54) is 38.5 Å². The lowest BCUT2D eigenvalue weighted by atomic mass is 9.94. The van der Waals surface area contributed by atoms with E-state index in [0.29, 0.717) is 11.7 Å². The van der Waals surface area contributed by atoms with Gasteiger partial charge >= 0.3 is 0 Å². The second kappa shape index (κ2) is 7.03. The summed E-state index contributed by atoms with van der Waals surface area (Å²) >= 11 is 0. The zero-order valence-corrected chi connectivity index (χ0v) is 10.4. The van der Waals surface area contributed by atoms with Gasteiger partial charge < -0.3 is 0 Å². The maximum absolute atomic E-state index is 11.7. The van der Waals surface area contributed by atoms with Crippen LogP contribution in [-0.4, -0.2) is 5.78 Å². The molecule has 0 amide bonds. The van der Waals surface area contributed by atoms with Crippen LogP contribution in [0.3, 0.4) is 0 Å². The molecule has 88 valence electrons. The van der Waals surface area contributed by atoms with Crippen LogP contribution in [0.5, 0.6) is 0 Å². The first-order valence-electron chi connectivity index (χ1n) is 6.74. The summed E-state index contributed by atoms with van der Waals surface area (Å²) in [6.07, 6.45) is 10.8. The van der Waals surface area contributed by atoms with Crippen molar-refractivity contribution in [2.45, 2.75) is 71.6 Å². The van der Waals surface area contributed by atoms with Crippen molar-refractivity contribution < 1.29 is 4.79 Å². The first-order valence-corrected chi connectivity index (χ1v) is 6.74. The van der Waals surface area contributed by atoms with Crippen molar-refractivity contribution in [3.8, 4) is 0 Å². The van der Waals surface area contributed by atoms with Gasteiger partial charge in [-0.3, -0.25) is 4.79 Å². The third-order valence-electron chi connectivity index (χ3n) is 3.66. The van der Waals surface area contributed by atoms with Gasteiger partial charge in [-0.25, -0.2) is 0 Å². The van der Waals surface area contributed by atoms with Crippen LogP contribution in [0.1, 0.15) is 71.6 Å². The minimum atomic E-state index is 0.503. The minimum absolute atomic E-state index is 0.503. The van der Waals surface area contributed by atoms with Gasteiger partial charge in [0.05, 0.1) is 0 Å². The first-order chi connectivity index (χ1) is 7.22. The predicted molar refractivity (Wildman–Crippen MR) is 64.9 cm³/mol. The Morgan fingerprint density at radius 3 is 2.60 bits per heavy atom. The summed E-state index contributed by atoms with van der Waals surface area (Å²) in [7, 11) is 0. The van der Waals surface area contributed by atoms with E-state index in [2.05, 4.69) is 13.8 Å². The molecule has 1 atom stereocenters. The molecule has 0 aromatic heterocycles. The predicted octanol–water partition coefficient (Wildman–Crippen LogP) is 4.35. The topological polar surface area (TPSA) is 17.1 Å². The Kier molecular flexibility index (Phi) is 5.97. The average Bonchev–Trinajstić information content (AvgIpc) is 2.67. The largest absolute Gasteiger partial charge is 0.300 e. The molecule has 1 aliphatic rings. The molecule has 1 heteroatoms. The third-order valence-corrected chi connectivity index (χ3v) is 3.66. The van der Waals surface area contributed by atoms with E-state index in [1.54, 1.807) is 0 Å². The molecule has 0 saturated heterocycles. The summed E-state index contributed by atoms with van der Waals surface area (Å²) in [5.41, 5.74) is 0. The molecule has 1 nitrogen and oxygen atoms in total. The van der Waals surface area contributed by atoms with E-state index in [0.717, 1.165) is 25.2 Å². The van der Waals surface area contributed by atoms with E-state index in [-0.39, 0.29) is 0 Å². The SMILES string of the molecule is CCCC(C)CC(=O)CCC1CCCC1. The number of ketones is 1. The lowest BCUT2D eigenvalue weighted by Gasteiger charge is -2.11. The van der Waals surface area contributed by atoms with Gasteiger partial charge in [-0.05, 0) is 18.3 Å². The molecule has 0 aromatic rings. The van der Waals surface area contributed by atoms with Crippen molar-refractivity contribution in [3.63, 3.8) is 0 Å². The zero-order valence-electron chi connectivity index (χ0n) is 10.4. The van der Waals surface area contributed by atoms with Gasteiger partial charge in [-0.2, -0.15) is 0 Å². The number of hydrogen-bond donors (Lipinski definition) is 0. The van der Waals surface area contributed by atoms with Crippen LogP contribution in [0.4, 0.5) is 0 Å². The van der Waals surface area contributed by atoms with Crippen molar-refractivity contribution in [3.05, 3.63) is 0 Å². The van der Waals surface area contributed by atoms with Gasteiger partial charge in [0, 0.05) is 12.8 Å². The molecule has 15 heavy (non-hydrogen) atoms. The van der Waals surface area contributed by atoms with Gasteiger partial charge in [0.25, 0.3) is 0 Å². The zero-order chi connectivity index (χ0) is 11.1. The Morgan fingerprint density at radius 2 is 2.00 bits per heavy atom. The molecule has 1 rings (SSSR count). The van der Waals surface area contributed by atoms with Crippen LogP contribution >= 0.6 is 0 Å². The van der Waals surface area contributed by atoms with Crippen LogP contribution in [0.15, 0.2) is 0 Å². The number of Topliss-reactive ketones (excluding diaryl/α,β-unsaturated/α-hetero) is 1. The molecule has 0 spiro atoms. The third kappa shape index (κ3) is 5.34. The number of rotatable bonds is 7. The Labute approximate surface area is 94.6 Å². The van der Waals surface area contributed by atoms with Crippen molar-refractivity contribution in [1.29, 1.82) is 0 Å². The summed E-state index contributed by atoms with van der Waals surface area (Å²) in [6, 6.07) is 0. The Balaban J connectivity index is 2.07. The van der Waals surface area contributed by atoms with Crippen LogP contribution in [0.25, 0.3) is 0 Å². The van der Waals surface area contributed by atoms with Gasteiger partial charge in [-0.1, -0.05) is 52.4 Å². The molecular formula is C14H26O. The first kappa shape index (κ1) is 12.7. The minimum Gasteiger partial charge on any atom is -0.300 e. The van der Waals surface area contributed by atoms with E-state index in [9.17, 15) is 4.79 Å². The molecule has 0 aliphatic heterocycles. The van der Waals surface area contributed by atoms with Crippen LogP contribution in [0, 0.1) is 11.8 Å². The van der Waals surface area contributed by atoms with E-state index < -0.39 is 0 Å². The molecular weight excluding hydrogens is 184 g/mol. The molecule has 0 bridgehead atoms. The maximum Gasteiger partial charge on any atom is 0.133 e. The van der Waals surface area contributed by atoms with Crippen LogP contribution < -0.4 is 0 Å². The average molecular weight is 210 g/mol. The molecule has 1 unspecified atom stereocenters. The summed E-state index contributed by atoms with van der Waals surface area (Å²) in [4.78, 5) is 11.7. The summed E-state index contributed by atoms with van der Waals surface area (Å²) in [5, 5.41) is 0. The van der Waals surface area contributed by atoms with Crippen LogP contribution in [0.2, 0.25) is 0 Å². The normalized spacial score (nSPS) is 19.3. The summed E-state index contributed by atoms with van der Waals surface area (Å²) in [6.45, 7) is 4.40. The highest BCUT2D eigenvalue weighted by molar-refractivity contribution is 5.78. The number of hydrogen-bond acceptors (Lipinski definition) is 1. The Hall–Kier alpha value is -0.330. The Bertz CT molecular complexity index is 180. The van der Waals surface area contributed by atoms with Gasteiger partial charge in [0.1, 0.15) is 5.78 Å². The quantitative estimate of drug-likeness (QED) is 0.610. The standard InChI is InChI=1S/C14H26O/c1-3-6-12(2)11-14(15)10-9-13-7-4-5-8-13/h12-13H,3-11H2,1-2H3. The monoisotopic (exact) mass is 210 g/mol. The fraction of sp³-hybridized carbons (Fsp3) is 0.929. The highest BCUT2D eigenvalue weighted by Gasteiger charge is 2.16. The van der Waals surface area contributed by atoms with Crippen LogP contribution in [-0.2, 0) is 4.79 Å². The molecule has 0 radical (unpaired) electrons. The van der Waals surface area contributed by atoms with Crippen molar-refractivity contribution >= 4 is 5.78 Å². The van der Waals surface area contributed by atoms with Crippen molar-refractivity contribution in [2.24, 2.45) is 11.8 Å². The molecule has 0 heterocycles. The summed E-state index contributed by atoms with van der Waals surface area (Å²) in [5.74, 6) is 1.98. The smallest absolute Gasteiger partial charge is 0.133 e. The number of carbonyl (C=O) groups excluding carboxylic acids is 1. The highest BCUT2D eigenvalue weighted by atomic mass is 16.1. The van der Waals surface area contributed by atoms with Gasteiger partial charge in [0.2, 0.25) is 0 Å². The van der Waals surface area contributed by atoms with Crippen molar-refractivity contribution in [1.82, 2.24) is 0 Å². The fourth-order valence-electron chi connectivity index (χ4n) is 2.75. The second-order valence-corrected chi connectivity index (χ2v) is 5.33. The van der Waals surface area contributed by atoms with Crippen molar-refractivity contribution in [2.75, 3.05) is 0 Å². The Morgan fingerprint density at radius 1 is 1.33 bits per heavy atom. The second-order valence-electron chi connectivity index (χ2n) is 5.33. The fourth-order valence-corrected chi connectivity index (χ4v) is 2.75. The lowest BCUT2D eigenvalue weighted by Crippen LogP contribution is -2.07. The summed E-state index contributed by atoms with van der Waals surface area (Å²) < 4.78 is 0. The molecule has 1 aliphatic carbocycles. The van der Waals surface area contributed by atoms with Gasteiger partial charge in [-0.15, -0.1) is 0 Å². The molecule has 0 aromatic carbocycles. The molecule has 1 saturated carbocycles. The molecule has 1 fully saturated rings. The number of carbonyl (C=O) groups is 1. The van der Waals surface area contributed by atoms with E-state index in [4.69, 9.17) is 0 Å². The maximum atomic E-state index is 11.7. The highest BCUT2D eigenvalue weighted by Crippen LogP contribution is 2.29. The molecule has 0 N–H and O–H groups in total. The van der Waals surface area contributed by atoms with Gasteiger partial charge in [0.15, 0.2) is 0 Å².